The van der Waals surface area contributed by atoms with E-state index in [-0.39, 0.29) is 23.6 Å². The minimum atomic E-state index is -0.172. The fourth-order valence-electron chi connectivity index (χ4n) is 4.64. The zero-order valence-corrected chi connectivity index (χ0v) is 24.3. The summed E-state index contributed by atoms with van der Waals surface area (Å²) in [6, 6.07) is 22.1. The molecule has 1 aromatic heterocycles. The van der Waals surface area contributed by atoms with Crippen LogP contribution in [0.3, 0.4) is 0 Å². The predicted octanol–water partition coefficient (Wildman–Crippen LogP) is 5.71. The van der Waals surface area contributed by atoms with Crippen molar-refractivity contribution in [1.82, 2.24) is 24.6 Å². The van der Waals surface area contributed by atoms with Crippen LogP contribution in [0.2, 0.25) is 10.0 Å². The number of piperazine rings is 1. The Bertz CT molecular complexity index is 1530. The van der Waals surface area contributed by atoms with Crippen molar-refractivity contribution >= 4 is 46.8 Å². The van der Waals surface area contributed by atoms with Gasteiger partial charge in [-0.3, -0.25) is 14.2 Å². The van der Waals surface area contributed by atoms with E-state index in [1.807, 2.05) is 66.1 Å². The molecule has 40 heavy (non-hydrogen) atoms. The summed E-state index contributed by atoms with van der Waals surface area (Å²) in [5, 5.41) is 10.3. The van der Waals surface area contributed by atoms with E-state index >= 15 is 0 Å². The minimum absolute atomic E-state index is 0.0287. The van der Waals surface area contributed by atoms with Crippen LogP contribution in [0.25, 0.3) is 17.1 Å². The molecule has 1 aliphatic heterocycles. The van der Waals surface area contributed by atoms with E-state index in [9.17, 15) is 9.59 Å². The lowest BCUT2D eigenvalue weighted by atomic mass is 10.1. The summed E-state index contributed by atoms with van der Waals surface area (Å²) in [4.78, 5) is 29.9. The summed E-state index contributed by atoms with van der Waals surface area (Å²) in [5.41, 5.74) is 2.14. The molecule has 0 N–H and O–H groups in total. The van der Waals surface area contributed by atoms with Gasteiger partial charge >= 0.3 is 0 Å². The third kappa shape index (κ3) is 5.96. The molecule has 3 aromatic carbocycles. The van der Waals surface area contributed by atoms with Crippen molar-refractivity contribution < 1.29 is 14.3 Å². The van der Waals surface area contributed by atoms with Crippen molar-refractivity contribution in [2.24, 2.45) is 0 Å². The first kappa shape index (κ1) is 28.0. The summed E-state index contributed by atoms with van der Waals surface area (Å²) >= 11 is 13.6. The number of hydrogen-bond donors (Lipinski definition) is 0. The standard InChI is InChI=1S/C29H27Cl2N5O3S/c1-19-17-34(13-14-35(19)28(38)24-12-11-21(30)16-25(24)31)26(37)18-40-29-33-32-27(20-7-6-10-23(15-20)39-2)36(29)22-8-4-3-5-9-22/h3-12,15-16,19H,13-14,17-18H2,1-2H3. The number of methoxy groups -OCH3 is 1. The Labute approximate surface area is 246 Å². The number of hydrogen-bond acceptors (Lipinski definition) is 6. The van der Waals surface area contributed by atoms with Gasteiger partial charge in [-0.05, 0) is 49.4 Å². The Morgan fingerprint density at radius 2 is 1.80 bits per heavy atom. The van der Waals surface area contributed by atoms with E-state index in [1.54, 1.807) is 35.1 Å². The van der Waals surface area contributed by atoms with E-state index in [1.165, 1.54) is 11.8 Å². The molecule has 1 saturated heterocycles. The van der Waals surface area contributed by atoms with Crippen LogP contribution in [0.15, 0.2) is 78.0 Å². The van der Waals surface area contributed by atoms with Gasteiger partial charge in [-0.1, -0.05) is 65.3 Å². The molecule has 11 heteroatoms. The van der Waals surface area contributed by atoms with E-state index < -0.39 is 0 Å². The summed E-state index contributed by atoms with van der Waals surface area (Å²) in [7, 11) is 1.62. The fraction of sp³-hybridized carbons (Fsp3) is 0.241. The summed E-state index contributed by atoms with van der Waals surface area (Å²) in [5.74, 6) is 1.36. The normalized spacial score (nSPS) is 15.2. The molecular weight excluding hydrogens is 569 g/mol. The maximum atomic E-state index is 13.3. The van der Waals surface area contributed by atoms with Gasteiger partial charge in [0.05, 0.1) is 23.4 Å². The fourth-order valence-corrected chi connectivity index (χ4v) is 5.99. The van der Waals surface area contributed by atoms with Crippen molar-refractivity contribution in [2.45, 2.75) is 18.1 Å². The molecule has 1 fully saturated rings. The Morgan fingerprint density at radius 1 is 1.00 bits per heavy atom. The SMILES string of the molecule is COc1cccc(-c2nnc(SCC(=O)N3CCN(C(=O)c4ccc(Cl)cc4Cl)C(C)C3)n2-c2ccccc2)c1. The van der Waals surface area contributed by atoms with Gasteiger partial charge in [-0.2, -0.15) is 0 Å². The van der Waals surface area contributed by atoms with Crippen LogP contribution in [-0.4, -0.2) is 74.9 Å². The zero-order valence-electron chi connectivity index (χ0n) is 22.0. The zero-order chi connectivity index (χ0) is 28.2. The smallest absolute Gasteiger partial charge is 0.255 e. The molecule has 0 bridgehead atoms. The second-order valence-electron chi connectivity index (χ2n) is 9.31. The number of thioether (sulfide) groups is 1. The molecule has 8 nitrogen and oxygen atoms in total. The molecule has 0 radical (unpaired) electrons. The minimum Gasteiger partial charge on any atom is -0.497 e. The number of aromatic nitrogens is 3. The first-order valence-electron chi connectivity index (χ1n) is 12.7. The van der Waals surface area contributed by atoms with E-state index in [0.29, 0.717) is 46.2 Å². The Hall–Kier alpha value is -3.53. The van der Waals surface area contributed by atoms with Gasteiger partial charge in [0.2, 0.25) is 5.91 Å². The highest BCUT2D eigenvalue weighted by atomic mass is 35.5. The maximum absolute atomic E-state index is 13.3. The molecule has 0 aliphatic carbocycles. The second-order valence-corrected chi connectivity index (χ2v) is 11.1. The molecule has 2 amide bonds. The quantitative estimate of drug-likeness (QED) is 0.254. The highest BCUT2D eigenvalue weighted by Gasteiger charge is 2.31. The van der Waals surface area contributed by atoms with E-state index in [2.05, 4.69) is 10.2 Å². The maximum Gasteiger partial charge on any atom is 0.255 e. The van der Waals surface area contributed by atoms with Crippen LogP contribution in [0, 0.1) is 0 Å². The predicted molar refractivity (Wildman–Crippen MR) is 158 cm³/mol. The van der Waals surface area contributed by atoms with Crippen LogP contribution >= 0.6 is 35.0 Å². The topological polar surface area (TPSA) is 80.6 Å². The Balaban J connectivity index is 1.29. The summed E-state index contributed by atoms with van der Waals surface area (Å²) in [6.07, 6.45) is 0. The molecule has 5 rings (SSSR count). The molecule has 1 aliphatic rings. The number of benzene rings is 3. The molecule has 1 atom stereocenters. The molecular formula is C29H27Cl2N5O3S. The van der Waals surface area contributed by atoms with Crippen LogP contribution in [0.4, 0.5) is 0 Å². The first-order valence-corrected chi connectivity index (χ1v) is 14.4. The van der Waals surface area contributed by atoms with Crippen LogP contribution in [-0.2, 0) is 4.79 Å². The van der Waals surface area contributed by atoms with Crippen molar-refractivity contribution in [3.63, 3.8) is 0 Å². The van der Waals surface area contributed by atoms with Crippen LogP contribution < -0.4 is 4.74 Å². The third-order valence-electron chi connectivity index (χ3n) is 6.70. The Kier molecular flexibility index (Phi) is 8.63. The number of halogens is 2. The third-order valence-corrected chi connectivity index (χ3v) is 8.16. The van der Waals surface area contributed by atoms with Gasteiger partial charge in [-0.25, -0.2) is 0 Å². The summed E-state index contributed by atoms with van der Waals surface area (Å²) < 4.78 is 7.34. The van der Waals surface area contributed by atoms with E-state index in [0.717, 1.165) is 17.0 Å². The van der Waals surface area contributed by atoms with Gasteiger partial charge in [0.15, 0.2) is 11.0 Å². The van der Waals surface area contributed by atoms with Crippen LogP contribution in [0.1, 0.15) is 17.3 Å². The Morgan fingerprint density at radius 3 is 2.52 bits per heavy atom. The average Bonchev–Trinajstić information content (AvgIpc) is 3.40. The molecule has 1 unspecified atom stereocenters. The lowest BCUT2D eigenvalue weighted by Crippen LogP contribution is -2.55. The summed E-state index contributed by atoms with van der Waals surface area (Å²) in [6.45, 7) is 3.20. The van der Waals surface area contributed by atoms with E-state index in [4.69, 9.17) is 27.9 Å². The highest BCUT2D eigenvalue weighted by molar-refractivity contribution is 7.99. The van der Waals surface area contributed by atoms with Crippen LogP contribution in [0.5, 0.6) is 5.75 Å². The lowest BCUT2D eigenvalue weighted by Gasteiger charge is -2.40. The van der Waals surface area contributed by atoms with Gasteiger partial charge in [0.25, 0.3) is 5.91 Å². The number of carbonyl (C=O) groups excluding carboxylic acids is 2. The van der Waals surface area contributed by atoms with Crippen molar-refractivity contribution in [2.75, 3.05) is 32.5 Å². The van der Waals surface area contributed by atoms with Gasteiger partial charge in [0, 0.05) is 41.9 Å². The van der Waals surface area contributed by atoms with Gasteiger partial charge in [0.1, 0.15) is 5.75 Å². The number of nitrogens with zero attached hydrogens (tertiary/aromatic N) is 5. The second kappa shape index (κ2) is 12.3. The number of ether oxygens (including phenoxy) is 1. The monoisotopic (exact) mass is 595 g/mol. The number of para-hydroxylation sites is 1. The first-order chi connectivity index (χ1) is 19.4. The van der Waals surface area contributed by atoms with Crippen molar-refractivity contribution in [1.29, 1.82) is 0 Å². The number of rotatable bonds is 7. The molecule has 206 valence electrons. The highest BCUT2D eigenvalue weighted by Crippen LogP contribution is 2.30. The largest absolute Gasteiger partial charge is 0.497 e. The van der Waals surface area contributed by atoms with Gasteiger partial charge in [-0.15, -0.1) is 10.2 Å². The number of carbonyl (C=O) groups is 2. The lowest BCUT2D eigenvalue weighted by molar-refractivity contribution is -0.130. The van der Waals surface area contributed by atoms with Crippen molar-refractivity contribution in [3.05, 3.63) is 88.4 Å². The molecule has 2 heterocycles. The van der Waals surface area contributed by atoms with Crippen molar-refractivity contribution in [3.8, 4) is 22.8 Å². The average molecular weight is 597 g/mol. The molecule has 0 spiro atoms. The number of amides is 2. The van der Waals surface area contributed by atoms with Gasteiger partial charge < -0.3 is 14.5 Å². The molecule has 0 saturated carbocycles. The molecule has 4 aromatic rings.